The molecule has 2 amide bonds. The van der Waals surface area contributed by atoms with Crippen molar-refractivity contribution >= 4 is 17.8 Å². The van der Waals surface area contributed by atoms with E-state index in [4.69, 9.17) is 4.74 Å². The smallest absolute Gasteiger partial charge is 0.307 e. The molecule has 17 heavy (non-hydrogen) atoms. The Morgan fingerprint density at radius 3 is 2.41 bits per heavy atom. The molecule has 0 spiro atoms. The minimum absolute atomic E-state index is 0.0956. The van der Waals surface area contributed by atoms with Gasteiger partial charge in [-0.1, -0.05) is 6.42 Å². The number of amides is 2. The normalized spacial score (nSPS) is 27.5. The van der Waals surface area contributed by atoms with Crippen LogP contribution in [0.15, 0.2) is 0 Å². The maximum absolute atomic E-state index is 11.9. The first-order chi connectivity index (χ1) is 8.15. The Bertz CT molecular complexity index is 330. The van der Waals surface area contributed by atoms with E-state index in [1.165, 1.54) is 4.90 Å². The van der Waals surface area contributed by atoms with E-state index in [1.54, 1.807) is 6.92 Å². The Kier molecular flexibility index (Phi) is 3.45. The third-order valence-electron chi connectivity index (χ3n) is 3.53. The summed E-state index contributed by atoms with van der Waals surface area (Å²) in [4.78, 5) is 36.3. The zero-order valence-electron chi connectivity index (χ0n) is 9.98. The first kappa shape index (κ1) is 12.1. The van der Waals surface area contributed by atoms with Gasteiger partial charge in [-0.2, -0.15) is 0 Å². The highest BCUT2D eigenvalue weighted by atomic mass is 16.5. The highest BCUT2D eigenvalue weighted by molar-refractivity contribution is 6.05. The van der Waals surface area contributed by atoms with E-state index >= 15 is 0 Å². The Labute approximate surface area is 100 Å². The summed E-state index contributed by atoms with van der Waals surface area (Å²) in [5.74, 6) is -0.789. The molecule has 5 heteroatoms. The zero-order chi connectivity index (χ0) is 12.4. The average Bonchev–Trinajstić information content (AvgIpc) is 2.84. The van der Waals surface area contributed by atoms with Crippen LogP contribution in [-0.4, -0.2) is 35.8 Å². The maximum Gasteiger partial charge on any atom is 0.307 e. The first-order valence-corrected chi connectivity index (χ1v) is 6.16. The summed E-state index contributed by atoms with van der Waals surface area (Å²) < 4.78 is 4.78. The van der Waals surface area contributed by atoms with Crippen LogP contribution in [-0.2, 0) is 19.1 Å². The van der Waals surface area contributed by atoms with Gasteiger partial charge in [-0.15, -0.1) is 0 Å². The van der Waals surface area contributed by atoms with Crippen molar-refractivity contribution < 1.29 is 19.1 Å². The standard InChI is InChI=1S/C12H17NO4/c1-2-17-10(14)6-7-13-11(15)8-4-3-5-9(8)12(13)16/h8-9H,2-7H2,1H3. The van der Waals surface area contributed by atoms with Crippen molar-refractivity contribution in [1.29, 1.82) is 0 Å². The van der Waals surface area contributed by atoms with Gasteiger partial charge in [0.05, 0.1) is 24.9 Å². The third kappa shape index (κ3) is 2.18. The predicted octanol–water partition coefficient (Wildman–Crippen LogP) is 0.725. The second-order valence-electron chi connectivity index (χ2n) is 4.53. The number of hydrogen-bond donors (Lipinski definition) is 0. The van der Waals surface area contributed by atoms with Crippen molar-refractivity contribution in [1.82, 2.24) is 4.90 Å². The molecule has 0 aromatic heterocycles. The summed E-state index contributed by atoms with van der Waals surface area (Å²) >= 11 is 0. The van der Waals surface area contributed by atoms with Gasteiger partial charge in [-0.3, -0.25) is 19.3 Å². The summed E-state index contributed by atoms with van der Waals surface area (Å²) in [6.07, 6.45) is 2.68. The molecule has 2 rings (SSSR count). The second kappa shape index (κ2) is 4.85. The maximum atomic E-state index is 11.9. The molecule has 2 fully saturated rings. The van der Waals surface area contributed by atoms with Crippen LogP contribution in [0, 0.1) is 11.8 Å². The number of hydrogen-bond acceptors (Lipinski definition) is 4. The molecule has 1 aliphatic carbocycles. The van der Waals surface area contributed by atoms with Crippen LogP contribution in [0.5, 0.6) is 0 Å². The lowest BCUT2D eigenvalue weighted by atomic mass is 10.00. The van der Waals surface area contributed by atoms with E-state index in [9.17, 15) is 14.4 Å². The third-order valence-corrected chi connectivity index (χ3v) is 3.53. The summed E-state index contributed by atoms with van der Waals surface area (Å²) in [6.45, 7) is 2.23. The fraction of sp³-hybridized carbons (Fsp3) is 0.750. The van der Waals surface area contributed by atoms with Crippen LogP contribution in [0.2, 0.25) is 0 Å². The molecule has 1 saturated heterocycles. The number of rotatable bonds is 4. The van der Waals surface area contributed by atoms with Gasteiger partial charge >= 0.3 is 5.97 Å². The Morgan fingerprint density at radius 2 is 1.88 bits per heavy atom. The lowest BCUT2D eigenvalue weighted by molar-refractivity contribution is -0.145. The van der Waals surface area contributed by atoms with Crippen LogP contribution in [0.3, 0.4) is 0 Å². The quantitative estimate of drug-likeness (QED) is 0.536. The number of esters is 1. The number of carbonyl (C=O) groups excluding carboxylic acids is 3. The van der Waals surface area contributed by atoms with Crippen molar-refractivity contribution in [2.24, 2.45) is 11.8 Å². The molecule has 1 saturated carbocycles. The number of fused-ring (bicyclic) bond motifs is 1. The summed E-state index contributed by atoms with van der Waals surface area (Å²) in [5.41, 5.74) is 0. The molecule has 2 aliphatic rings. The Balaban J connectivity index is 1.91. The monoisotopic (exact) mass is 239 g/mol. The van der Waals surface area contributed by atoms with Crippen molar-refractivity contribution in [3.05, 3.63) is 0 Å². The second-order valence-corrected chi connectivity index (χ2v) is 4.53. The molecule has 0 N–H and O–H groups in total. The lowest BCUT2D eigenvalue weighted by Gasteiger charge is -2.14. The van der Waals surface area contributed by atoms with Crippen molar-refractivity contribution in [3.63, 3.8) is 0 Å². The number of nitrogens with zero attached hydrogens (tertiary/aromatic N) is 1. The number of imide groups is 1. The van der Waals surface area contributed by atoms with E-state index in [0.717, 1.165) is 19.3 Å². The van der Waals surface area contributed by atoms with Gasteiger partial charge in [0.25, 0.3) is 0 Å². The van der Waals surface area contributed by atoms with Crippen molar-refractivity contribution in [2.75, 3.05) is 13.2 Å². The lowest BCUT2D eigenvalue weighted by Crippen LogP contribution is -2.34. The molecule has 2 unspecified atom stereocenters. The molecule has 0 aromatic rings. The van der Waals surface area contributed by atoms with Gasteiger partial charge < -0.3 is 4.74 Å². The minimum Gasteiger partial charge on any atom is -0.466 e. The van der Waals surface area contributed by atoms with E-state index in [0.29, 0.717) is 6.61 Å². The van der Waals surface area contributed by atoms with Crippen LogP contribution in [0.1, 0.15) is 32.6 Å². The summed E-state index contributed by atoms with van der Waals surface area (Å²) in [7, 11) is 0. The van der Waals surface area contributed by atoms with Gasteiger partial charge in [-0.05, 0) is 19.8 Å². The topological polar surface area (TPSA) is 63.7 Å². The van der Waals surface area contributed by atoms with E-state index in [2.05, 4.69) is 0 Å². The van der Waals surface area contributed by atoms with E-state index < -0.39 is 0 Å². The fourth-order valence-corrected chi connectivity index (χ4v) is 2.72. The summed E-state index contributed by atoms with van der Waals surface area (Å²) in [5, 5.41) is 0. The fourth-order valence-electron chi connectivity index (χ4n) is 2.72. The number of ether oxygens (including phenoxy) is 1. The van der Waals surface area contributed by atoms with Gasteiger partial charge in [0.1, 0.15) is 0 Å². The SMILES string of the molecule is CCOC(=O)CCN1C(=O)C2CCCC2C1=O. The van der Waals surface area contributed by atoms with E-state index in [1.807, 2.05) is 0 Å². The van der Waals surface area contributed by atoms with E-state index in [-0.39, 0.29) is 42.6 Å². The predicted molar refractivity (Wildman–Crippen MR) is 58.8 cm³/mol. The molecular weight excluding hydrogens is 222 g/mol. The number of carbonyl (C=O) groups is 3. The van der Waals surface area contributed by atoms with Crippen molar-refractivity contribution in [2.45, 2.75) is 32.6 Å². The molecule has 1 aliphatic heterocycles. The molecule has 0 aromatic carbocycles. The highest BCUT2D eigenvalue weighted by Crippen LogP contribution is 2.39. The van der Waals surface area contributed by atoms with Crippen LogP contribution in [0.25, 0.3) is 0 Å². The Hall–Kier alpha value is -1.39. The van der Waals surface area contributed by atoms with Gasteiger partial charge in [0.2, 0.25) is 11.8 Å². The zero-order valence-corrected chi connectivity index (χ0v) is 9.98. The molecular formula is C12H17NO4. The molecule has 5 nitrogen and oxygen atoms in total. The number of likely N-dealkylation sites (tertiary alicyclic amines) is 1. The summed E-state index contributed by atoms with van der Waals surface area (Å²) in [6, 6.07) is 0. The van der Waals surface area contributed by atoms with Crippen LogP contribution < -0.4 is 0 Å². The van der Waals surface area contributed by atoms with Crippen molar-refractivity contribution in [3.8, 4) is 0 Å². The van der Waals surface area contributed by atoms with Gasteiger partial charge in [0, 0.05) is 6.54 Å². The van der Waals surface area contributed by atoms with Gasteiger partial charge in [-0.25, -0.2) is 0 Å². The highest BCUT2D eigenvalue weighted by Gasteiger charge is 2.49. The molecule has 2 atom stereocenters. The van der Waals surface area contributed by atoms with Crippen LogP contribution in [0.4, 0.5) is 0 Å². The van der Waals surface area contributed by atoms with Gasteiger partial charge in [0.15, 0.2) is 0 Å². The Morgan fingerprint density at radius 1 is 1.29 bits per heavy atom. The molecule has 0 radical (unpaired) electrons. The molecule has 94 valence electrons. The van der Waals surface area contributed by atoms with Crippen LogP contribution >= 0.6 is 0 Å². The molecule has 1 heterocycles. The first-order valence-electron chi connectivity index (χ1n) is 6.16. The minimum atomic E-state index is -0.356. The average molecular weight is 239 g/mol. The molecule has 0 bridgehead atoms. The largest absolute Gasteiger partial charge is 0.466 e.